The summed E-state index contributed by atoms with van der Waals surface area (Å²) in [6, 6.07) is 6.57. The van der Waals surface area contributed by atoms with E-state index in [2.05, 4.69) is 64.3 Å². The van der Waals surface area contributed by atoms with Gasteiger partial charge in [-0.05, 0) is 24.1 Å². The van der Waals surface area contributed by atoms with E-state index < -0.39 is 0 Å². The molecule has 0 saturated carbocycles. The minimum absolute atomic E-state index is 0.877. The lowest BCUT2D eigenvalue weighted by Crippen LogP contribution is -2.17. The maximum absolute atomic E-state index is 4.20. The van der Waals surface area contributed by atoms with Crippen LogP contribution in [-0.2, 0) is 18.9 Å². The average molecular weight is 308 g/mol. The third kappa shape index (κ3) is 2.93. The predicted molar refractivity (Wildman–Crippen MR) is 79.1 cm³/mol. The molecule has 3 nitrogen and oxygen atoms in total. The van der Waals surface area contributed by atoms with Crippen LogP contribution in [0.15, 0.2) is 30.6 Å². The molecule has 0 amide bonds. The van der Waals surface area contributed by atoms with Crippen molar-refractivity contribution in [1.82, 2.24) is 9.78 Å². The van der Waals surface area contributed by atoms with E-state index in [4.69, 9.17) is 0 Å². The van der Waals surface area contributed by atoms with Crippen LogP contribution < -0.4 is 4.90 Å². The quantitative estimate of drug-likeness (QED) is 0.808. The smallest absolute Gasteiger partial charge is 0.0539 e. The van der Waals surface area contributed by atoms with Crippen molar-refractivity contribution in [3.05, 3.63) is 47.3 Å². The lowest BCUT2D eigenvalue weighted by molar-refractivity contribution is 0.766. The van der Waals surface area contributed by atoms with Gasteiger partial charge in [0.25, 0.3) is 0 Å². The molecule has 2 aromatic rings. The molecule has 0 unspecified atom stereocenters. The Hall–Kier alpha value is -1.29. The first-order valence-electron chi connectivity index (χ1n) is 5.94. The molecule has 0 aliphatic rings. The molecule has 2 rings (SSSR count). The third-order valence-corrected chi connectivity index (χ3v) is 3.65. The van der Waals surface area contributed by atoms with E-state index in [1.54, 1.807) is 0 Å². The molecule has 1 heterocycles. The van der Waals surface area contributed by atoms with E-state index in [1.165, 1.54) is 22.4 Å². The van der Waals surface area contributed by atoms with Gasteiger partial charge < -0.3 is 4.90 Å². The van der Waals surface area contributed by atoms with Crippen molar-refractivity contribution in [3.8, 4) is 0 Å². The largest absolute Gasteiger partial charge is 0.370 e. The summed E-state index contributed by atoms with van der Waals surface area (Å²) in [4.78, 5) is 2.25. The van der Waals surface area contributed by atoms with Crippen LogP contribution in [-0.4, -0.2) is 16.8 Å². The molecule has 0 atom stereocenters. The van der Waals surface area contributed by atoms with Crippen LogP contribution >= 0.6 is 15.9 Å². The molecule has 0 aliphatic carbocycles. The monoisotopic (exact) mass is 307 g/mol. The van der Waals surface area contributed by atoms with Crippen molar-refractivity contribution in [2.24, 2.45) is 7.05 Å². The van der Waals surface area contributed by atoms with Gasteiger partial charge in [0, 0.05) is 43.4 Å². The fraction of sp³-hybridized carbons (Fsp3) is 0.357. The lowest BCUT2D eigenvalue weighted by Gasteiger charge is -2.21. The lowest BCUT2D eigenvalue weighted by atomic mass is 10.1. The summed E-state index contributed by atoms with van der Waals surface area (Å²) in [5.74, 6) is 0. The fourth-order valence-corrected chi connectivity index (χ4v) is 2.49. The summed E-state index contributed by atoms with van der Waals surface area (Å²) in [5, 5.41) is 5.10. The number of aryl methyl sites for hydroxylation is 2. The summed E-state index contributed by atoms with van der Waals surface area (Å²) >= 11 is 3.49. The Morgan fingerprint density at radius 1 is 1.33 bits per heavy atom. The van der Waals surface area contributed by atoms with E-state index in [0.29, 0.717) is 0 Å². The van der Waals surface area contributed by atoms with Gasteiger partial charge in [-0.25, -0.2) is 0 Å². The second-order valence-corrected chi connectivity index (χ2v) is 5.19. The Morgan fingerprint density at radius 3 is 2.67 bits per heavy atom. The molecule has 1 aromatic carbocycles. The van der Waals surface area contributed by atoms with Crippen LogP contribution in [0.1, 0.15) is 16.7 Å². The van der Waals surface area contributed by atoms with E-state index in [-0.39, 0.29) is 0 Å². The first-order valence-corrected chi connectivity index (χ1v) is 7.06. The first-order chi connectivity index (χ1) is 8.60. The van der Waals surface area contributed by atoms with Gasteiger partial charge in [0.05, 0.1) is 6.20 Å². The number of benzene rings is 1. The number of aromatic nitrogens is 2. The molecule has 0 N–H and O–H groups in total. The highest BCUT2D eigenvalue weighted by atomic mass is 79.9. The van der Waals surface area contributed by atoms with Crippen molar-refractivity contribution in [3.63, 3.8) is 0 Å². The SMILES string of the molecule is Cc1cc(CBr)ccc1N(C)Cc1cnn(C)c1. The zero-order valence-corrected chi connectivity index (χ0v) is 12.6. The predicted octanol–water partition coefficient (Wildman–Crippen LogP) is 3.26. The van der Waals surface area contributed by atoms with E-state index in [9.17, 15) is 0 Å². The number of alkyl halides is 1. The maximum atomic E-state index is 4.20. The molecule has 18 heavy (non-hydrogen) atoms. The highest BCUT2D eigenvalue weighted by molar-refractivity contribution is 9.08. The third-order valence-electron chi connectivity index (χ3n) is 3.00. The van der Waals surface area contributed by atoms with Crippen molar-refractivity contribution < 1.29 is 0 Å². The van der Waals surface area contributed by atoms with Crippen molar-refractivity contribution in [2.45, 2.75) is 18.8 Å². The van der Waals surface area contributed by atoms with Crippen LogP contribution in [0.4, 0.5) is 5.69 Å². The van der Waals surface area contributed by atoms with Gasteiger partial charge in [-0.15, -0.1) is 0 Å². The van der Waals surface area contributed by atoms with Crippen LogP contribution in [0.25, 0.3) is 0 Å². The van der Waals surface area contributed by atoms with Gasteiger partial charge in [-0.3, -0.25) is 4.68 Å². The van der Waals surface area contributed by atoms with Gasteiger partial charge in [0.15, 0.2) is 0 Å². The van der Waals surface area contributed by atoms with Gasteiger partial charge in [-0.2, -0.15) is 5.10 Å². The molecule has 0 radical (unpaired) electrons. The zero-order chi connectivity index (χ0) is 13.1. The van der Waals surface area contributed by atoms with Crippen molar-refractivity contribution in [2.75, 3.05) is 11.9 Å². The van der Waals surface area contributed by atoms with E-state index in [1.807, 2.05) is 17.9 Å². The average Bonchev–Trinajstić information content (AvgIpc) is 2.74. The fourth-order valence-electron chi connectivity index (χ4n) is 2.14. The van der Waals surface area contributed by atoms with Gasteiger partial charge in [0.2, 0.25) is 0 Å². The van der Waals surface area contributed by atoms with Gasteiger partial charge >= 0.3 is 0 Å². The summed E-state index contributed by atoms with van der Waals surface area (Å²) in [7, 11) is 4.06. The molecular weight excluding hydrogens is 290 g/mol. The van der Waals surface area contributed by atoms with Gasteiger partial charge in [0.1, 0.15) is 0 Å². The summed E-state index contributed by atoms with van der Waals surface area (Å²) in [6.07, 6.45) is 3.97. The molecule has 0 saturated heterocycles. The Labute approximate surface area is 117 Å². The van der Waals surface area contributed by atoms with Crippen molar-refractivity contribution >= 4 is 21.6 Å². The second-order valence-electron chi connectivity index (χ2n) is 4.63. The van der Waals surface area contributed by atoms with E-state index >= 15 is 0 Å². The van der Waals surface area contributed by atoms with Crippen LogP contribution in [0.3, 0.4) is 0 Å². The highest BCUT2D eigenvalue weighted by Gasteiger charge is 2.07. The number of hydrogen-bond donors (Lipinski definition) is 0. The molecule has 4 heteroatoms. The topological polar surface area (TPSA) is 21.1 Å². The number of nitrogens with zero attached hydrogens (tertiary/aromatic N) is 3. The minimum Gasteiger partial charge on any atom is -0.370 e. The number of rotatable bonds is 4. The Bertz CT molecular complexity index is 534. The molecule has 0 aliphatic heterocycles. The second kappa shape index (κ2) is 5.57. The Morgan fingerprint density at radius 2 is 2.11 bits per heavy atom. The number of hydrogen-bond acceptors (Lipinski definition) is 2. The summed E-state index contributed by atoms with van der Waals surface area (Å²) < 4.78 is 1.84. The van der Waals surface area contributed by atoms with E-state index in [0.717, 1.165) is 11.9 Å². The molecular formula is C14H18BrN3. The van der Waals surface area contributed by atoms with Crippen LogP contribution in [0.5, 0.6) is 0 Å². The highest BCUT2D eigenvalue weighted by Crippen LogP contribution is 2.22. The molecule has 1 aromatic heterocycles. The van der Waals surface area contributed by atoms with Gasteiger partial charge in [-0.1, -0.05) is 28.1 Å². The Balaban J connectivity index is 2.15. The summed E-state index contributed by atoms with van der Waals surface area (Å²) in [5.41, 5.74) is 5.11. The normalized spacial score (nSPS) is 10.7. The minimum atomic E-state index is 0.877. The Kier molecular flexibility index (Phi) is 4.07. The molecule has 0 fully saturated rings. The summed E-state index contributed by atoms with van der Waals surface area (Å²) in [6.45, 7) is 3.03. The van der Waals surface area contributed by atoms with Crippen LogP contribution in [0, 0.1) is 6.92 Å². The first kappa shape index (κ1) is 13.1. The standard InChI is InChI=1S/C14H18BrN3/c1-11-6-12(7-15)4-5-14(11)17(2)9-13-8-16-18(3)10-13/h4-6,8,10H,7,9H2,1-3H3. The van der Waals surface area contributed by atoms with Crippen LogP contribution in [0.2, 0.25) is 0 Å². The molecule has 0 spiro atoms. The maximum Gasteiger partial charge on any atom is 0.0539 e. The molecule has 96 valence electrons. The zero-order valence-electron chi connectivity index (χ0n) is 11.0. The number of halogens is 1. The molecule has 0 bridgehead atoms. The number of anilines is 1. The van der Waals surface area contributed by atoms with Crippen molar-refractivity contribution in [1.29, 1.82) is 0 Å².